The maximum atomic E-state index is 5.91. The van der Waals surface area contributed by atoms with Gasteiger partial charge in [0.2, 0.25) is 0 Å². The molecule has 0 aromatic carbocycles. The summed E-state index contributed by atoms with van der Waals surface area (Å²) >= 11 is 3.36. The van der Waals surface area contributed by atoms with E-state index in [1.54, 1.807) is 12.4 Å². The highest BCUT2D eigenvalue weighted by atomic mass is 79.9. The van der Waals surface area contributed by atoms with Crippen molar-refractivity contribution in [2.75, 3.05) is 6.61 Å². The minimum absolute atomic E-state index is 0.00827. The number of nitrogens with two attached hydrogens (primary N) is 1. The molecule has 1 aliphatic carbocycles. The molecule has 0 spiro atoms. The number of halogens is 1. The van der Waals surface area contributed by atoms with Crippen LogP contribution in [0.4, 0.5) is 0 Å². The van der Waals surface area contributed by atoms with Crippen molar-refractivity contribution in [3.63, 3.8) is 0 Å². The van der Waals surface area contributed by atoms with Gasteiger partial charge in [-0.3, -0.25) is 4.98 Å². The van der Waals surface area contributed by atoms with E-state index in [4.69, 9.17) is 15.2 Å². The van der Waals surface area contributed by atoms with Gasteiger partial charge in [-0.05, 0) is 28.4 Å². The first-order valence-electron chi connectivity index (χ1n) is 5.85. The summed E-state index contributed by atoms with van der Waals surface area (Å²) in [5, 5.41) is 0. The highest BCUT2D eigenvalue weighted by Crippen LogP contribution is 2.28. The van der Waals surface area contributed by atoms with Gasteiger partial charge in [0.15, 0.2) is 0 Å². The zero-order valence-electron chi connectivity index (χ0n) is 9.80. The summed E-state index contributed by atoms with van der Waals surface area (Å²) in [6.45, 7) is 2.81. The predicted octanol–water partition coefficient (Wildman–Crippen LogP) is 2.12. The number of hydrogen-bond acceptors (Lipinski definition) is 4. The van der Waals surface area contributed by atoms with E-state index < -0.39 is 0 Å². The number of hydrogen-bond donors (Lipinski definition) is 1. The molecule has 1 saturated carbocycles. The third-order valence-corrected chi connectivity index (χ3v) is 3.21. The van der Waals surface area contributed by atoms with Crippen molar-refractivity contribution in [2.45, 2.75) is 38.0 Å². The lowest BCUT2D eigenvalue weighted by Crippen LogP contribution is -2.59. The standard InChI is InChI=1S/C12H17BrN2O2/c1-2-3-16-12-10(14)5-11(12)17-9-4-8(13)6-15-7-9/h4,6-7,10-12H,2-3,5,14H2,1H3. The van der Waals surface area contributed by atoms with E-state index in [1.165, 1.54) is 0 Å². The van der Waals surface area contributed by atoms with Gasteiger partial charge in [-0.2, -0.15) is 0 Å². The molecule has 3 unspecified atom stereocenters. The van der Waals surface area contributed by atoms with Crippen LogP contribution in [0.3, 0.4) is 0 Å². The zero-order valence-corrected chi connectivity index (χ0v) is 11.4. The van der Waals surface area contributed by atoms with Crippen molar-refractivity contribution in [1.29, 1.82) is 0 Å². The van der Waals surface area contributed by atoms with Crippen molar-refractivity contribution in [1.82, 2.24) is 4.98 Å². The first-order chi connectivity index (χ1) is 8.20. The fourth-order valence-corrected chi connectivity index (χ4v) is 2.19. The van der Waals surface area contributed by atoms with E-state index in [0.717, 1.165) is 29.7 Å². The first kappa shape index (κ1) is 12.8. The van der Waals surface area contributed by atoms with E-state index >= 15 is 0 Å². The highest BCUT2D eigenvalue weighted by Gasteiger charge is 2.41. The maximum Gasteiger partial charge on any atom is 0.139 e. The summed E-state index contributed by atoms with van der Waals surface area (Å²) in [5.41, 5.74) is 5.91. The molecule has 2 N–H and O–H groups in total. The summed E-state index contributed by atoms with van der Waals surface area (Å²) < 4.78 is 12.4. The smallest absolute Gasteiger partial charge is 0.139 e. The van der Waals surface area contributed by atoms with Crippen LogP contribution in [-0.4, -0.2) is 29.8 Å². The van der Waals surface area contributed by atoms with E-state index in [9.17, 15) is 0 Å². The van der Waals surface area contributed by atoms with Crippen molar-refractivity contribution in [3.05, 3.63) is 22.9 Å². The molecule has 1 aromatic heterocycles. The molecule has 1 aromatic rings. The molecule has 17 heavy (non-hydrogen) atoms. The fraction of sp³-hybridized carbons (Fsp3) is 0.583. The Morgan fingerprint density at radius 2 is 2.35 bits per heavy atom. The second kappa shape index (κ2) is 5.80. The van der Waals surface area contributed by atoms with Crippen LogP contribution in [0.5, 0.6) is 5.75 Å². The quantitative estimate of drug-likeness (QED) is 0.905. The molecule has 4 nitrogen and oxygen atoms in total. The number of pyridine rings is 1. The van der Waals surface area contributed by atoms with Gasteiger partial charge in [0.1, 0.15) is 18.0 Å². The van der Waals surface area contributed by atoms with Gasteiger partial charge in [-0.25, -0.2) is 0 Å². The first-order valence-corrected chi connectivity index (χ1v) is 6.64. The van der Waals surface area contributed by atoms with Gasteiger partial charge < -0.3 is 15.2 Å². The van der Waals surface area contributed by atoms with E-state index in [0.29, 0.717) is 0 Å². The minimum Gasteiger partial charge on any atom is -0.486 e. The Hall–Kier alpha value is -0.650. The molecule has 1 heterocycles. The third kappa shape index (κ3) is 3.18. The summed E-state index contributed by atoms with van der Waals surface area (Å²) in [6, 6.07) is 1.99. The second-order valence-corrected chi connectivity index (χ2v) is 5.15. The molecule has 1 fully saturated rings. The summed E-state index contributed by atoms with van der Waals surface area (Å²) in [6.07, 6.45) is 5.31. The average molecular weight is 301 g/mol. The fourth-order valence-electron chi connectivity index (χ4n) is 1.85. The van der Waals surface area contributed by atoms with Crippen LogP contribution in [0.2, 0.25) is 0 Å². The lowest BCUT2D eigenvalue weighted by molar-refractivity contribution is -0.0981. The van der Waals surface area contributed by atoms with Crippen LogP contribution in [0.15, 0.2) is 22.9 Å². The molecule has 0 aliphatic heterocycles. The lowest BCUT2D eigenvalue weighted by Gasteiger charge is -2.41. The Bertz CT molecular complexity index is 375. The molecule has 0 bridgehead atoms. The van der Waals surface area contributed by atoms with E-state index in [-0.39, 0.29) is 18.2 Å². The molecule has 0 radical (unpaired) electrons. The van der Waals surface area contributed by atoms with Crippen LogP contribution in [0, 0.1) is 0 Å². The van der Waals surface area contributed by atoms with Crippen molar-refractivity contribution < 1.29 is 9.47 Å². The molecule has 0 saturated heterocycles. The molecular weight excluding hydrogens is 284 g/mol. The van der Waals surface area contributed by atoms with Gasteiger partial charge in [0.05, 0.1) is 6.20 Å². The molecule has 94 valence electrons. The maximum absolute atomic E-state index is 5.91. The Kier molecular flexibility index (Phi) is 4.36. The molecule has 2 rings (SSSR count). The summed E-state index contributed by atoms with van der Waals surface area (Å²) in [5.74, 6) is 0.751. The summed E-state index contributed by atoms with van der Waals surface area (Å²) in [7, 11) is 0. The molecule has 5 heteroatoms. The van der Waals surface area contributed by atoms with Crippen molar-refractivity contribution in [3.8, 4) is 5.75 Å². The van der Waals surface area contributed by atoms with Gasteiger partial charge in [0.25, 0.3) is 0 Å². The normalized spacial score (nSPS) is 27.6. The minimum atomic E-state index is 0.00827. The van der Waals surface area contributed by atoms with Crippen molar-refractivity contribution >= 4 is 15.9 Å². The lowest BCUT2D eigenvalue weighted by atomic mass is 9.86. The Labute approximate surface area is 110 Å². The molecule has 0 amide bonds. The SMILES string of the molecule is CCCOC1C(N)CC1Oc1cncc(Br)c1. The predicted molar refractivity (Wildman–Crippen MR) is 69.0 cm³/mol. The summed E-state index contributed by atoms with van der Waals surface area (Å²) in [4.78, 5) is 4.06. The Morgan fingerprint density at radius 1 is 1.53 bits per heavy atom. The topological polar surface area (TPSA) is 57.4 Å². The van der Waals surface area contributed by atoms with Crippen LogP contribution < -0.4 is 10.5 Å². The van der Waals surface area contributed by atoms with Crippen LogP contribution in [0.1, 0.15) is 19.8 Å². The van der Waals surface area contributed by atoms with Crippen LogP contribution in [-0.2, 0) is 4.74 Å². The van der Waals surface area contributed by atoms with Gasteiger partial charge in [-0.1, -0.05) is 6.92 Å². The average Bonchev–Trinajstić information content (AvgIpc) is 2.29. The van der Waals surface area contributed by atoms with Gasteiger partial charge in [0, 0.05) is 29.7 Å². The third-order valence-electron chi connectivity index (χ3n) is 2.77. The molecule has 3 atom stereocenters. The van der Waals surface area contributed by atoms with Crippen molar-refractivity contribution in [2.24, 2.45) is 5.73 Å². The second-order valence-electron chi connectivity index (χ2n) is 4.23. The van der Waals surface area contributed by atoms with Crippen LogP contribution >= 0.6 is 15.9 Å². The number of aromatic nitrogens is 1. The Morgan fingerprint density at radius 3 is 3.00 bits per heavy atom. The zero-order chi connectivity index (χ0) is 12.3. The largest absolute Gasteiger partial charge is 0.486 e. The number of ether oxygens (including phenoxy) is 2. The Balaban J connectivity index is 1.91. The van der Waals surface area contributed by atoms with Crippen LogP contribution in [0.25, 0.3) is 0 Å². The number of rotatable bonds is 5. The van der Waals surface area contributed by atoms with Gasteiger partial charge >= 0.3 is 0 Å². The molecule has 1 aliphatic rings. The van der Waals surface area contributed by atoms with E-state index in [1.807, 2.05) is 6.07 Å². The number of nitrogens with zero attached hydrogens (tertiary/aromatic N) is 1. The monoisotopic (exact) mass is 300 g/mol. The highest BCUT2D eigenvalue weighted by molar-refractivity contribution is 9.10. The van der Waals surface area contributed by atoms with E-state index in [2.05, 4.69) is 27.8 Å². The molecular formula is C12H17BrN2O2. The van der Waals surface area contributed by atoms with Gasteiger partial charge in [-0.15, -0.1) is 0 Å².